The van der Waals surface area contributed by atoms with Gasteiger partial charge in [-0.3, -0.25) is 0 Å². The molecule has 82 valence electrons. The smallest absolute Gasteiger partial charge is 0.348 e. The second kappa shape index (κ2) is 6.51. The lowest BCUT2D eigenvalue weighted by molar-refractivity contribution is 0.0606. The van der Waals surface area contributed by atoms with E-state index in [-0.39, 0.29) is 5.97 Å². The van der Waals surface area contributed by atoms with Gasteiger partial charge in [0.25, 0.3) is 0 Å². The van der Waals surface area contributed by atoms with Crippen molar-refractivity contribution < 1.29 is 9.53 Å². The Kier molecular flexibility index (Phi) is 4.93. The van der Waals surface area contributed by atoms with Crippen molar-refractivity contribution in [2.75, 3.05) is 13.7 Å². The molecule has 5 nitrogen and oxygen atoms in total. The molecule has 0 bridgehead atoms. The first-order valence-corrected chi connectivity index (χ1v) is 5.27. The van der Waals surface area contributed by atoms with Crippen LogP contribution >= 0.6 is 11.3 Å². The maximum atomic E-state index is 11.1. The van der Waals surface area contributed by atoms with Crippen LogP contribution in [0.15, 0.2) is 17.2 Å². The Hall–Kier alpha value is -1.96. The molecule has 0 amide bonds. The second-order valence-corrected chi connectivity index (χ2v) is 3.75. The SMILES string of the molecule is COC(=O)c1ccc(C#CCCN=[N+]=[N-])s1. The summed E-state index contributed by atoms with van der Waals surface area (Å²) >= 11 is 1.28. The van der Waals surface area contributed by atoms with Crippen LogP contribution in [0.2, 0.25) is 0 Å². The Morgan fingerprint density at radius 2 is 2.50 bits per heavy atom. The number of ether oxygens (including phenoxy) is 1. The zero-order chi connectivity index (χ0) is 11.8. The molecule has 0 atom stereocenters. The third kappa shape index (κ3) is 3.65. The minimum atomic E-state index is -0.355. The highest BCUT2D eigenvalue weighted by Crippen LogP contribution is 2.15. The fourth-order valence-electron chi connectivity index (χ4n) is 0.916. The number of hydrogen-bond donors (Lipinski definition) is 0. The van der Waals surface area contributed by atoms with Crippen molar-refractivity contribution in [3.05, 3.63) is 32.3 Å². The summed E-state index contributed by atoms with van der Waals surface area (Å²) in [5, 5.41) is 3.36. The molecule has 0 aromatic carbocycles. The van der Waals surface area contributed by atoms with Crippen LogP contribution in [0.25, 0.3) is 10.4 Å². The summed E-state index contributed by atoms with van der Waals surface area (Å²) in [4.78, 5) is 15.1. The monoisotopic (exact) mass is 235 g/mol. The maximum absolute atomic E-state index is 11.1. The summed E-state index contributed by atoms with van der Waals surface area (Å²) in [6.45, 7) is 0.360. The van der Waals surface area contributed by atoms with Gasteiger partial charge in [0.05, 0.1) is 12.0 Å². The van der Waals surface area contributed by atoms with Crippen molar-refractivity contribution in [3.63, 3.8) is 0 Å². The number of hydrogen-bond acceptors (Lipinski definition) is 4. The van der Waals surface area contributed by atoms with E-state index in [2.05, 4.69) is 26.6 Å². The summed E-state index contributed by atoms with van der Waals surface area (Å²) in [7, 11) is 1.34. The fourth-order valence-corrected chi connectivity index (χ4v) is 1.71. The number of thiophene rings is 1. The largest absolute Gasteiger partial charge is 0.465 e. The first kappa shape index (κ1) is 12.1. The molecule has 0 N–H and O–H groups in total. The van der Waals surface area contributed by atoms with Gasteiger partial charge >= 0.3 is 5.97 Å². The molecule has 0 saturated heterocycles. The highest BCUT2D eigenvalue weighted by Gasteiger charge is 2.07. The van der Waals surface area contributed by atoms with E-state index in [0.29, 0.717) is 17.8 Å². The molecule has 1 aromatic heterocycles. The summed E-state index contributed by atoms with van der Waals surface area (Å²) in [6, 6.07) is 3.44. The van der Waals surface area contributed by atoms with E-state index in [4.69, 9.17) is 5.53 Å². The minimum absolute atomic E-state index is 0.355. The topological polar surface area (TPSA) is 75.1 Å². The lowest BCUT2D eigenvalue weighted by Gasteiger charge is -1.90. The van der Waals surface area contributed by atoms with Crippen LogP contribution < -0.4 is 0 Å². The van der Waals surface area contributed by atoms with E-state index in [1.54, 1.807) is 12.1 Å². The highest BCUT2D eigenvalue weighted by molar-refractivity contribution is 7.14. The lowest BCUT2D eigenvalue weighted by atomic mass is 10.4. The fraction of sp³-hybridized carbons (Fsp3) is 0.300. The van der Waals surface area contributed by atoms with E-state index >= 15 is 0 Å². The molecular formula is C10H9N3O2S. The number of carbonyl (C=O) groups excluding carboxylic acids is 1. The van der Waals surface area contributed by atoms with Gasteiger partial charge in [-0.2, -0.15) is 0 Å². The zero-order valence-corrected chi connectivity index (χ0v) is 9.45. The van der Waals surface area contributed by atoms with Gasteiger partial charge in [-0.1, -0.05) is 17.0 Å². The van der Waals surface area contributed by atoms with Crippen molar-refractivity contribution in [1.29, 1.82) is 0 Å². The van der Waals surface area contributed by atoms with Crippen molar-refractivity contribution in [2.24, 2.45) is 5.11 Å². The van der Waals surface area contributed by atoms with E-state index in [9.17, 15) is 4.79 Å². The molecule has 0 radical (unpaired) electrons. The molecule has 0 fully saturated rings. The molecular weight excluding hydrogens is 226 g/mol. The first-order chi connectivity index (χ1) is 7.77. The Labute approximate surface area is 96.7 Å². The van der Waals surface area contributed by atoms with Crippen molar-refractivity contribution in [3.8, 4) is 11.8 Å². The number of azide groups is 1. The third-order valence-corrected chi connectivity index (χ3v) is 2.58. The quantitative estimate of drug-likeness (QED) is 0.202. The molecule has 16 heavy (non-hydrogen) atoms. The summed E-state index contributed by atoms with van der Waals surface area (Å²) < 4.78 is 4.58. The summed E-state index contributed by atoms with van der Waals surface area (Å²) in [5.41, 5.74) is 8.03. The van der Waals surface area contributed by atoms with E-state index in [1.165, 1.54) is 18.4 Å². The molecule has 0 aliphatic heterocycles. The van der Waals surface area contributed by atoms with Crippen LogP contribution in [0.5, 0.6) is 0 Å². The Balaban J connectivity index is 2.57. The van der Waals surface area contributed by atoms with Gasteiger partial charge in [-0.05, 0) is 17.7 Å². The standard InChI is InChI=1S/C10H9N3O2S/c1-15-10(14)9-6-5-8(16-9)4-2-3-7-12-13-11/h5-6H,3,7H2,1H3. The molecule has 0 unspecified atom stereocenters. The van der Waals surface area contributed by atoms with Gasteiger partial charge < -0.3 is 4.74 Å². The van der Waals surface area contributed by atoms with Crippen LogP contribution in [0.1, 0.15) is 21.0 Å². The molecule has 0 spiro atoms. The number of carbonyl (C=O) groups is 1. The van der Waals surface area contributed by atoms with Crippen molar-refractivity contribution in [1.82, 2.24) is 0 Å². The van der Waals surface area contributed by atoms with Crippen LogP contribution in [-0.4, -0.2) is 19.6 Å². The van der Waals surface area contributed by atoms with Crippen LogP contribution in [0.4, 0.5) is 0 Å². The first-order valence-electron chi connectivity index (χ1n) is 4.46. The summed E-state index contributed by atoms with van der Waals surface area (Å²) in [6.07, 6.45) is 0.509. The Bertz CT molecular complexity index is 478. The normalized spacial score (nSPS) is 8.56. The third-order valence-electron chi connectivity index (χ3n) is 1.60. The van der Waals surface area contributed by atoms with Crippen molar-refractivity contribution >= 4 is 17.3 Å². The lowest BCUT2D eigenvalue weighted by Crippen LogP contribution is -1.96. The van der Waals surface area contributed by atoms with Gasteiger partial charge in [0, 0.05) is 17.9 Å². The van der Waals surface area contributed by atoms with Crippen LogP contribution in [0, 0.1) is 11.8 Å². The van der Waals surface area contributed by atoms with Gasteiger partial charge in [0.1, 0.15) is 4.88 Å². The van der Waals surface area contributed by atoms with Crippen LogP contribution in [-0.2, 0) is 4.74 Å². The minimum Gasteiger partial charge on any atom is -0.465 e. The predicted molar refractivity (Wildman–Crippen MR) is 61.2 cm³/mol. The van der Waals surface area contributed by atoms with E-state index in [0.717, 1.165) is 4.88 Å². The van der Waals surface area contributed by atoms with E-state index < -0.39 is 0 Å². The number of esters is 1. The van der Waals surface area contributed by atoms with Gasteiger partial charge in [-0.25, -0.2) is 4.79 Å². The summed E-state index contributed by atoms with van der Waals surface area (Å²) in [5.74, 6) is 5.38. The molecule has 0 saturated carbocycles. The Morgan fingerprint density at radius 1 is 1.69 bits per heavy atom. The van der Waals surface area contributed by atoms with Gasteiger partial charge in [-0.15, -0.1) is 11.3 Å². The van der Waals surface area contributed by atoms with Crippen molar-refractivity contribution in [2.45, 2.75) is 6.42 Å². The molecule has 0 aliphatic rings. The highest BCUT2D eigenvalue weighted by atomic mass is 32.1. The van der Waals surface area contributed by atoms with Gasteiger partial charge in [0.2, 0.25) is 0 Å². The zero-order valence-electron chi connectivity index (χ0n) is 8.64. The van der Waals surface area contributed by atoms with Gasteiger partial charge in [0.15, 0.2) is 0 Å². The number of rotatable bonds is 3. The molecule has 1 heterocycles. The number of nitrogens with zero attached hydrogens (tertiary/aromatic N) is 3. The second-order valence-electron chi connectivity index (χ2n) is 2.66. The van der Waals surface area contributed by atoms with Crippen LogP contribution in [0.3, 0.4) is 0 Å². The Morgan fingerprint density at radius 3 is 3.19 bits per heavy atom. The molecule has 6 heteroatoms. The average Bonchev–Trinajstić information content (AvgIpc) is 2.76. The predicted octanol–water partition coefficient (Wildman–Crippen LogP) is 2.59. The molecule has 0 aliphatic carbocycles. The molecule has 1 rings (SSSR count). The molecule has 1 aromatic rings. The average molecular weight is 235 g/mol. The van der Waals surface area contributed by atoms with E-state index in [1.807, 2.05) is 0 Å². The number of methoxy groups -OCH3 is 1. The maximum Gasteiger partial charge on any atom is 0.348 e.